The zero-order chi connectivity index (χ0) is 27.7. The number of nitrogens with zero attached hydrogens (tertiary/aromatic N) is 1. The van der Waals surface area contributed by atoms with Crippen LogP contribution >= 0.6 is 0 Å². The summed E-state index contributed by atoms with van der Waals surface area (Å²) in [5.74, 6) is -3.07. The molecule has 0 spiro atoms. The van der Waals surface area contributed by atoms with Gasteiger partial charge in [-0.2, -0.15) is 0 Å². The molecule has 1 aliphatic heterocycles. The van der Waals surface area contributed by atoms with Gasteiger partial charge in [0.1, 0.15) is 23.1 Å². The molecule has 1 heterocycles. The second-order valence-corrected chi connectivity index (χ2v) is 9.73. The maximum Gasteiger partial charge on any atom is 0.234 e. The van der Waals surface area contributed by atoms with Crippen molar-refractivity contribution < 1.29 is 27.8 Å². The molecule has 0 saturated carbocycles. The average Bonchev–Trinajstić information content (AvgIpc) is 2.93. The van der Waals surface area contributed by atoms with Crippen molar-refractivity contribution in [3.05, 3.63) is 101 Å². The molecular formula is C31H28F2N2O4. The Hall–Kier alpha value is -4.33. The largest absolute Gasteiger partial charge is 0.497 e. The number of ketones is 1. The third kappa shape index (κ3) is 5.06. The summed E-state index contributed by atoms with van der Waals surface area (Å²) in [6, 6.07) is 18.0. The zero-order valence-corrected chi connectivity index (χ0v) is 21.8. The van der Waals surface area contributed by atoms with Crippen molar-refractivity contribution in [2.75, 3.05) is 19.5 Å². The fourth-order valence-corrected chi connectivity index (χ4v) is 5.58. The SMILES string of the molecule is COc1ccc(OC)c([C@H]2C3=C(C[C@H](c4ccccc4)CC3=O)N=C(C)C2C(=O)Nc2ccc(F)cc2F)c1. The van der Waals surface area contributed by atoms with Crippen LogP contribution in [0.3, 0.4) is 0 Å². The van der Waals surface area contributed by atoms with Crippen molar-refractivity contribution in [2.45, 2.75) is 31.6 Å². The van der Waals surface area contributed by atoms with E-state index in [2.05, 4.69) is 5.32 Å². The Kier molecular flexibility index (Phi) is 7.28. The van der Waals surface area contributed by atoms with Crippen LogP contribution in [-0.4, -0.2) is 31.6 Å². The lowest BCUT2D eigenvalue weighted by Crippen LogP contribution is -2.40. The van der Waals surface area contributed by atoms with E-state index in [1.165, 1.54) is 20.3 Å². The van der Waals surface area contributed by atoms with Crippen LogP contribution in [0.2, 0.25) is 0 Å². The van der Waals surface area contributed by atoms with Gasteiger partial charge in [0.25, 0.3) is 0 Å². The second kappa shape index (κ2) is 10.8. The maximum absolute atomic E-state index is 14.5. The Labute approximate surface area is 225 Å². The third-order valence-corrected chi connectivity index (χ3v) is 7.40. The molecule has 1 amide bonds. The van der Waals surface area contributed by atoms with Gasteiger partial charge in [0.05, 0.1) is 25.8 Å². The van der Waals surface area contributed by atoms with Crippen molar-refractivity contribution in [1.29, 1.82) is 0 Å². The minimum absolute atomic E-state index is 0.0412. The molecule has 0 aromatic heterocycles. The number of carbonyl (C=O) groups excluding carboxylic acids is 2. The van der Waals surface area contributed by atoms with Gasteiger partial charge in [-0.15, -0.1) is 0 Å². The van der Waals surface area contributed by atoms with Crippen molar-refractivity contribution in [3.63, 3.8) is 0 Å². The number of rotatable bonds is 6. The Balaban J connectivity index is 1.63. The van der Waals surface area contributed by atoms with Crippen molar-refractivity contribution in [1.82, 2.24) is 0 Å². The van der Waals surface area contributed by atoms with Gasteiger partial charge in [-0.3, -0.25) is 14.6 Å². The van der Waals surface area contributed by atoms with Crippen LogP contribution in [0.5, 0.6) is 11.5 Å². The van der Waals surface area contributed by atoms with Crippen LogP contribution in [0.1, 0.15) is 42.7 Å². The molecule has 6 nitrogen and oxygen atoms in total. The number of ether oxygens (including phenoxy) is 2. The molecule has 0 bridgehead atoms. The van der Waals surface area contributed by atoms with E-state index in [-0.39, 0.29) is 23.8 Å². The van der Waals surface area contributed by atoms with Crippen LogP contribution in [0.4, 0.5) is 14.5 Å². The predicted molar refractivity (Wildman–Crippen MR) is 144 cm³/mol. The van der Waals surface area contributed by atoms with Gasteiger partial charge >= 0.3 is 0 Å². The molecule has 8 heteroatoms. The Bertz CT molecular complexity index is 1500. The predicted octanol–water partition coefficient (Wildman–Crippen LogP) is 6.20. The summed E-state index contributed by atoms with van der Waals surface area (Å²) in [5, 5.41) is 2.58. The molecule has 1 unspecified atom stereocenters. The Morgan fingerprint density at radius 1 is 0.974 bits per heavy atom. The molecule has 0 fully saturated rings. The highest BCUT2D eigenvalue weighted by molar-refractivity contribution is 6.13. The lowest BCUT2D eigenvalue weighted by atomic mass is 9.68. The number of hydrogen-bond donors (Lipinski definition) is 1. The number of methoxy groups -OCH3 is 2. The van der Waals surface area contributed by atoms with Gasteiger partial charge in [-0.05, 0) is 55.2 Å². The van der Waals surface area contributed by atoms with Gasteiger partial charge in [-0.25, -0.2) is 8.78 Å². The number of nitrogens with one attached hydrogen (secondary N) is 1. The minimum Gasteiger partial charge on any atom is -0.497 e. The number of amides is 1. The quantitative estimate of drug-likeness (QED) is 0.412. The number of Topliss-reactive ketones (excluding diaryl/α,β-unsaturated/α-hetero) is 1. The first-order chi connectivity index (χ1) is 18.8. The second-order valence-electron chi connectivity index (χ2n) is 9.73. The van der Waals surface area contributed by atoms with E-state index < -0.39 is 29.4 Å². The molecule has 1 N–H and O–H groups in total. The maximum atomic E-state index is 14.5. The minimum atomic E-state index is -0.952. The number of aliphatic imine (C=N–C) groups is 1. The lowest BCUT2D eigenvalue weighted by molar-refractivity contribution is -0.119. The highest BCUT2D eigenvalue weighted by Crippen LogP contribution is 2.49. The molecule has 5 rings (SSSR count). The van der Waals surface area contributed by atoms with E-state index in [0.717, 1.165) is 11.6 Å². The molecule has 3 aromatic carbocycles. The number of anilines is 1. The Morgan fingerprint density at radius 3 is 2.44 bits per heavy atom. The summed E-state index contributed by atoms with van der Waals surface area (Å²) in [6.07, 6.45) is 0.799. The van der Waals surface area contributed by atoms with Gasteiger partial charge in [0.15, 0.2) is 5.78 Å². The summed E-state index contributed by atoms with van der Waals surface area (Å²) in [4.78, 5) is 32.4. The molecular weight excluding hydrogens is 502 g/mol. The standard InChI is InChI=1S/C31H28F2N2O4/c1-17-28(31(37)35-24-11-9-20(32)15-23(24)33)29(22-16-21(38-2)10-12-27(22)39-3)30-25(34-17)13-19(14-26(30)36)18-7-5-4-6-8-18/h4-12,15-16,19,28-29H,13-14H2,1-3H3,(H,35,37)/t19-,28?,29+/m0/s1. The van der Waals surface area contributed by atoms with Gasteiger partial charge in [0, 0.05) is 41.0 Å². The van der Waals surface area contributed by atoms with Crippen molar-refractivity contribution in [3.8, 4) is 11.5 Å². The molecule has 39 heavy (non-hydrogen) atoms. The van der Waals surface area contributed by atoms with E-state index >= 15 is 0 Å². The molecule has 200 valence electrons. The lowest BCUT2D eigenvalue weighted by Gasteiger charge is -2.37. The number of allylic oxidation sites excluding steroid dienone is 2. The molecule has 2 aliphatic rings. The van der Waals surface area contributed by atoms with E-state index in [1.807, 2.05) is 30.3 Å². The Morgan fingerprint density at radius 2 is 1.74 bits per heavy atom. The molecule has 0 radical (unpaired) electrons. The van der Waals surface area contributed by atoms with Crippen LogP contribution in [0.25, 0.3) is 0 Å². The first kappa shape index (κ1) is 26.3. The number of benzene rings is 3. The molecule has 1 aliphatic carbocycles. The van der Waals surface area contributed by atoms with Crippen LogP contribution in [-0.2, 0) is 9.59 Å². The molecule has 0 saturated heterocycles. The van der Waals surface area contributed by atoms with Crippen LogP contribution < -0.4 is 14.8 Å². The van der Waals surface area contributed by atoms with Crippen molar-refractivity contribution in [2.24, 2.45) is 10.9 Å². The first-order valence-corrected chi connectivity index (χ1v) is 12.6. The number of hydrogen-bond acceptors (Lipinski definition) is 5. The van der Waals surface area contributed by atoms with E-state index in [1.54, 1.807) is 25.1 Å². The summed E-state index contributed by atoms with van der Waals surface area (Å²) in [6.45, 7) is 1.73. The van der Waals surface area contributed by atoms with E-state index in [0.29, 0.717) is 46.5 Å². The van der Waals surface area contributed by atoms with Gasteiger partial charge in [-0.1, -0.05) is 30.3 Å². The monoisotopic (exact) mass is 530 g/mol. The molecule has 3 atom stereocenters. The first-order valence-electron chi connectivity index (χ1n) is 12.6. The summed E-state index contributed by atoms with van der Waals surface area (Å²) in [5.41, 5.74) is 3.02. The normalized spacial score (nSPS) is 20.7. The topological polar surface area (TPSA) is 77.0 Å². The highest BCUT2D eigenvalue weighted by Gasteiger charge is 2.45. The van der Waals surface area contributed by atoms with E-state index in [9.17, 15) is 18.4 Å². The molecule has 3 aromatic rings. The van der Waals surface area contributed by atoms with Gasteiger partial charge < -0.3 is 14.8 Å². The highest BCUT2D eigenvalue weighted by atomic mass is 19.1. The summed E-state index contributed by atoms with van der Waals surface area (Å²) < 4.78 is 39.1. The average molecular weight is 531 g/mol. The number of carbonyl (C=O) groups is 2. The van der Waals surface area contributed by atoms with E-state index in [4.69, 9.17) is 14.5 Å². The van der Waals surface area contributed by atoms with Gasteiger partial charge in [0.2, 0.25) is 5.91 Å². The fourth-order valence-electron chi connectivity index (χ4n) is 5.58. The summed E-state index contributed by atoms with van der Waals surface area (Å²) >= 11 is 0. The smallest absolute Gasteiger partial charge is 0.234 e. The van der Waals surface area contributed by atoms with Crippen molar-refractivity contribution >= 4 is 23.1 Å². The fraction of sp³-hybridized carbons (Fsp3) is 0.258. The van der Waals surface area contributed by atoms with Crippen LogP contribution in [0, 0.1) is 17.6 Å². The third-order valence-electron chi connectivity index (χ3n) is 7.40. The number of halogens is 2. The summed E-state index contributed by atoms with van der Waals surface area (Å²) in [7, 11) is 3.04. The van der Waals surface area contributed by atoms with Crippen LogP contribution in [0.15, 0.2) is 83.0 Å². The zero-order valence-electron chi connectivity index (χ0n) is 21.8.